The molecule has 0 nitrogen and oxygen atoms in total. The van der Waals surface area contributed by atoms with Crippen LogP contribution >= 0.6 is 0 Å². The van der Waals surface area contributed by atoms with Crippen molar-refractivity contribution in [1.29, 1.82) is 0 Å². The van der Waals surface area contributed by atoms with Crippen molar-refractivity contribution in [3.05, 3.63) is 42.0 Å². The van der Waals surface area contributed by atoms with Crippen LogP contribution in [0.15, 0.2) is 30.8 Å². The second kappa shape index (κ2) is 4.00. The minimum atomic E-state index is 0.828. The van der Waals surface area contributed by atoms with E-state index in [1.165, 1.54) is 36.8 Å². The minimum Gasteiger partial charge on any atom is -0.0955 e. The van der Waals surface area contributed by atoms with E-state index in [0.717, 1.165) is 11.5 Å². The molecule has 0 heterocycles. The van der Waals surface area contributed by atoms with Gasteiger partial charge in [0.1, 0.15) is 0 Å². The van der Waals surface area contributed by atoms with Crippen molar-refractivity contribution in [3.63, 3.8) is 0 Å². The first-order valence-electron chi connectivity index (χ1n) is 5.53. The molecule has 0 radical (unpaired) electrons. The predicted octanol–water partition coefficient (Wildman–Crippen LogP) is 4.38. The average Bonchev–Trinajstić information content (AvgIpc) is 2.71. The zero-order chi connectivity index (χ0) is 9.97. The van der Waals surface area contributed by atoms with E-state index in [-0.39, 0.29) is 0 Å². The molecule has 0 aliphatic heterocycles. The lowest BCUT2D eigenvalue weighted by Gasteiger charge is -2.09. The molecule has 0 saturated heterocycles. The second-order valence-corrected chi connectivity index (χ2v) is 4.38. The number of hydrogen-bond acceptors (Lipinski definition) is 0. The van der Waals surface area contributed by atoms with Gasteiger partial charge in [-0.25, -0.2) is 0 Å². The van der Waals surface area contributed by atoms with Crippen molar-refractivity contribution in [2.24, 2.45) is 0 Å². The molecule has 1 aliphatic carbocycles. The van der Waals surface area contributed by atoms with Gasteiger partial charge in [0, 0.05) is 0 Å². The van der Waals surface area contributed by atoms with E-state index in [9.17, 15) is 0 Å². The van der Waals surface area contributed by atoms with Crippen molar-refractivity contribution in [2.75, 3.05) is 0 Å². The largest absolute Gasteiger partial charge is 0.0955 e. The summed E-state index contributed by atoms with van der Waals surface area (Å²) in [5.41, 5.74) is 3.95. The topological polar surface area (TPSA) is 0 Å². The van der Waals surface area contributed by atoms with Gasteiger partial charge in [0.05, 0.1) is 0 Å². The Labute approximate surface area is 86.7 Å². The quantitative estimate of drug-likeness (QED) is 0.643. The molecule has 1 saturated carbocycles. The smallest absolute Gasteiger partial charge is 0.0162 e. The molecule has 0 atom stereocenters. The molecule has 0 aromatic heterocycles. The van der Waals surface area contributed by atoms with E-state index in [1.807, 2.05) is 0 Å². The molecule has 0 unspecified atom stereocenters. The Morgan fingerprint density at radius 3 is 2.21 bits per heavy atom. The van der Waals surface area contributed by atoms with Crippen molar-refractivity contribution in [1.82, 2.24) is 0 Å². The van der Waals surface area contributed by atoms with Crippen LogP contribution in [0.5, 0.6) is 0 Å². The van der Waals surface area contributed by atoms with Crippen molar-refractivity contribution in [3.8, 4) is 0 Å². The van der Waals surface area contributed by atoms with Crippen LogP contribution in [0.25, 0.3) is 5.57 Å². The summed E-state index contributed by atoms with van der Waals surface area (Å²) in [5.74, 6) is 0.828. The normalized spacial score (nSPS) is 17.2. The van der Waals surface area contributed by atoms with E-state index >= 15 is 0 Å². The molecule has 1 aliphatic rings. The van der Waals surface area contributed by atoms with Crippen LogP contribution < -0.4 is 0 Å². The van der Waals surface area contributed by atoms with Crippen LogP contribution in [0.4, 0.5) is 0 Å². The highest BCUT2D eigenvalue weighted by atomic mass is 14.2. The maximum absolute atomic E-state index is 3.95. The van der Waals surface area contributed by atoms with Crippen LogP contribution in [-0.4, -0.2) is 0 Å². The summed E-state index contributed by atoms with van der Waals surface area (Å²) in [5, 5.41) is 0. The molecule has 0 bridgehead atoms. The lowest BCUT2D eigenvalue weighted by Crippen LogP contribution is -1.91. The fraction of sp³-hybridized carbons (Fsp3) is 0.429. The molecule has 0 heteroatoms. The number of rotatable bonds is 2. The lowest BCUT2D eigenvalue weighted by atomic mass is 9.96. The monoisotopic (exact) mass is 186 g/mol. The maximum Gasteiger partial charge on any atom is -0.0162 e. The first-order valence-corrected chi connectivity index (χ1v) is 5.53. The number of benzene rings is 1. The van der Waals surface area contributed by atoms with Gasteiger partial charge in [-0.15, -0.1) is 0 Å². The van der Waals surface area contributed by atoms with Gasteiger partial charge in [0.25, 0.3) is 0 Å². The Balaban J connectivity index is 2.16. The van der Waals surface area contributed by atoms with Gasteiger partial charge >= 0.3 is 0 Å². The summed E-state index contributed by atoms with van der Waals surface area (Å²) < 4.78 is 0. The van der Waals surface area contributed by atoms with E-state index in [0.29, 0.717) is 0 Å². The first kappa shape index (κ1) is 9.51. The average molecular weight is 186 g/mol. The van der Waals surface area contributed by atoms with E-state index < -0.39 is 0 Å². The van der Waals surface area contributed by atoms with Gasteiger partial charge in [-0.05, 0) is 36.8 Å². The van der Waals surface area contributed by atoms with Crippen LogP contribution in [0, 0.1) is 0 Å². The molecule has 0 N–H and O–H groups in total. The van der Waals surface area contributed by atoms with Gasteiger partial charge in [-0.1, -0.05) is 49.3 Å². The Hall–Kier alpha value is -1.04. The van der Waals surface area contributed by atoms with Gasteiger partial charge in [-0.2, -0.15) is 0 Å². The summed E-state index contributed by atoms with van der Waals surface area (Å²) in [4.78, 5) is 0. The Kier molecular flexibility index (Phi) is 2.72. The highest BCUT2D eigenvalue weighted by Crippen LogP contribution is 2.34. The number of hydrogen-bond donors (Lipinski definition) is 0. The molecule has 2 rings (SSSR count). The van der Waals surface area contributed by atoms with E-state index in [4.69, 9.17) is 0 Å². The van der Waals surface area contributed by atoms with Crippen LogP contribution in [-0.2, 0) is 0 Å². The third kappa shape index (κ3) is 1.89. The molecule has 1 fully saturated rings. The summed E-state index contributed by atoms with van der Waals surface area (Å²) in [7, 11) is 0. The summed E-state index contributed by atoms with van der Waals surface area (Å²) in [6, 6.07) is 8.96. The molecule has 74 valence electrons. The van der Waals surface area contributed by atoms with E-state index in [1.54, 1.807) is 0 Å². The van der Waals surface area contributed by atoms with Crippen LogP contribution in [0.1, 0.15) is 49.7 Å². The molecule has 0 spiro atoms. The highest BCUT2D eigenvalue weighted by molar-refractivity contribution is 5.61. The van der Waals surface area contributed by atoms with Gasteiger partial charge in [-0.3, -0.25) is 0 Å². The summed E-state index contributed by atoms with van der Waals surface area (Å²) in [6.45, 7) is 6.01. The fourth-order valence-corrected chi connectivity index (χ4v) is 2.30. The molecular formula is C14H18. The molecule has 1 aromatic rings. The van der Waals surface area contributed by atoms with Crippen molar-refractivity contribution >= 4 is 5.57 Å². The molecule has 1 aromatic carbocycles. The minimum absolute atomic E-state index is 0.828. The van der Waals surface area contributed by atoms with Gasteiger partial charge in [0.15, 0.2) is 0 Å². The van der Waals surface area contributed by atoms with E-state index in [2.05, 4.69) is 37.8 Å². The highest BCUT2D eigenvalue weighted by Gasteiger charge is 2.16. The maximum atomic E-state index is 3.95. The first-order chi connectivity index (χ1) is 6.77. The Bertz CT molecular complexity index is 312. The summed E-state index contributed by atoms with van der Waals surface area (Å²) in [6.07, 6.45) is 5.58. The van der Waals surface area contributed by atoms with Crippen molar-refractivity contribution < 1.29 is 0 Å². The number of allylic oxidation sites excluding steroid dienone is 1. The predicted molar refractivity (Wildman–Crippen MR) is 62.4 cm³/mol. The standard InChI is InChI=1S/C14H18/c1-11(2)12-7-9-14(10-8-12)13-5-3-4-6-13/h7-10,13H,1,3-6H2,2H3. The third-order valence-electron chi connectivity index (χ3n) is 3.23. The second-order valence-electron chi connectivity index (χ2n) is 4.38. The molecule has 0 amide bonds. The SMILES string of the molecule is C=C(C)c1ccc(C2CCCC2)cc1. The molecular weight excluding hydrogens is 168 g/mol. The zero-order valence-electron chi connectivity index (χ0n) is 8.92. The zero-order valence-corrected chi connectivity index (χ0v) is 8.92. The van der Waals surface area contributed by atoms with Crippen LogP contribution in [0.2, 0.25) is 0 Å². The van der Waals surface area contributed by atoms with Gasteiger partial charge < -0.3 is 0 Å². The van der Waals surface area contributed by atoms with Gasteiger partial charge in [0.2, 0.25) is 0 Å². The van der Waals surface area contributed by atoms with Crippen LogP contribution in [0.3, 0.4) is 0 Å². The fourth-order valence-electron chi connectivity index (χ4n) is 2.30. The van der Waals surface area contributed by atoms with Crippen molar-refractivity contribution in [2.45, 2.75) is 38.5 Å². The Morgan fingerprint density at radius 2 is 1.71 bits per heavy atom. The molecule has 14 heavy (non-hydrogen) atoms. The summed E-state index contributed by atoms with van der Waals surface area (Å²) >= 11 is 0. The third-order valence-corrected chi connectivity index (χ3v) is 3.23. The Morgan fingerprint density at radius 1 is 1.14 bits per heavy atom. The lowest BCUT2D eigenvalue weighted by molar-refractivity contribution is 0.723.